The first-order valence-corrected chi connectivity index (χ1v) is 7.10. The molecule has 1 saturated heterocycles. The van der Waals surface area contributed by atoms with Gasteiger partial charge in [-0.05, 0) is 30.7 Å². The standard InChI is InChI=1S/C16H20O3/c1-14(2)5-12-13-11-7-18-6-10(11)4-15(3,19-13)16(12,8-14)9-17/h6-7,9,12-13H,4-5,8H2,1-3H3/t12-,13+,15-,16+/m1/s1. The molecule has 19 heavy (non-hydrogen) atoms. The Labute approximate surface area is 113 Å². The van der Waals surface area contributed by atoms with Crippen LogP contribution in [0.2, 0.25) is 0 Å². The van der Waals surface area contributed by atoms with Gasteiger partial charge in [-0.25, -0.2) is 0 Å². The van der Waals surface area contributed by atoms with Crippen LogP contribution in [-0.2, 0) is 16.0 Å². The van der Waals surface area contributed by atoms with Gasteiger partial charge in [-0.2, -0.15) is 0 Å². The molecule has 3 heteroatoms. The Hall–Kier alpha value is -1.09. The van der Waals surface area contributed by atoms with Crippen LogP contribution in [0.5, 0.6) is 0 Å². The maximum absolute atomic E-state index is 12.0. The fraction of sp³-hybridized carbons (Fsp3) is 0.688. The summed E-state index contributed by atoms with van der Waals surface area (Å²) < 4.78 is 11.7. The van der Waals surface area contributed by atoms with Crippen molar-refractivity contribution in [3.05, 3.63) is 23.7 Å². The van der Waals surface area contributed by atoms with Crippen LogP contribution in [0.25, 0.3) is 0 Å². The highest BCUT2D eigenvalue weighted by Crippen LogP contribution is 2.69. The largest absolute Gasteiger partial charge is 0.472 e. The summed E-state index contributed by atoms with van der Waals surface area (Å²) in [5.41, 5.74) is 1.92. The molecule has 3 aliphatic rings. The van der Waals surface area contributed by atoms with E-state index in [0.717, 1.165) is 19.3 Å². The topological polar surface area (TPSA) is 39.4 Å². The summed E-state index contributed by atoms with van der Waals surface area (Å²) in [4.78, 5) is 12.0. The van der Waals surface area contributed by atoms with E-state index in [9.17, 15) is 4.79 Å². The van der Waals surface area contributed by atoms with Crippen LogP contribution in [-0.4, -0.2) is 11.9 Å². The van der Waals surface area contributed by atoms with Crippen molar-refractivity contribution in [2.24, 2.45) is 16.7 Å². The van der Waals surface area contributed by atoms with Crippen LogP contribution in [0.1, 0.15) is 50.8 Å². The molecular weight excluding hydrogens is 240 g/mol. The molecule has 2 aliphatic heterocycles. The number of carbonyl (C=O) groups excluding carboxylic acids is 1. The first-order valence-electron chi connectivity index (χ1n) is 7.10. The summed E-state index contributed by atoms with van der Waals surface area (Å²) in [5, 5.41) is 0. The highest BCUT2D eigenvalue weighted by Gasteiger charge is 2.70. The number of ether oxygens (including phenoxy) is 1. The molecule has 4 rings (SSSR count). The zero-order chi connectivity index (χ0) is 13.5. The lowest BCUT2D eigenvalue weighted by Crippen LogP contribution is -2.47. The summed E-state index contributed by atoms with van der Waals surface area (Å²) in [7, 11) is 0. The fourth-order valence-electron chi connectivity index (χ4n) is 5.03. The third kappa shape index (κ3) is 1.20. The van der Waals surface area contributed by atoms with Gasteiger partial charge >= 0.3 is 0 Å². The molecule has 2 bridgehead atoms. The molecule has 4 atom stereocenters. The van der Waals surface area contributed by atoms with Crippen LogP contribution in [0, 0.1) is 16.7 Å². The number of hydrogen-bond acceptors (Lipinski definition) is 3. The molecule has 1 saturated carbocycles. The molecular formula is C16H20O3. The molecule has 1 aromatic heterocycles. The Morgan fingerprint density at radius 2 is 2.11 bits per heavy atom. The fourth-order valence-corrected chi connectivity index (χ4v) is 5.03. The van der Waals surface area contributed by atoms with Crippen LogP contribution < -0.4 is 0 Å². The van der Waals surface area contributed by atoms with Gasteiger partial charge in [0.2, 0.25) is 0 Å². The van der Waals surface area contributed by atoms with E-state index in [2.05, 4.69) is 20.8 Å². The second kappa shape index (κ2) is 3.14. The average Bonchev–Trinajstić information content (AvgIpc) is 2.93. The van der Waals surface area contributed by atoms with Gasteiger partial charge in [-0.15, -0.1) is 0 Å². The van der Waals surface area contributed by atoms with E-state index < -0.39 is 0 Å². The lowest BCUT2D eigenvalue weighted by Gasteiger charge is -2.40. The summed E-state index contributed by atoms with van der Waals surface area (Å²) in [6.07, 6.45) is 7.66. The molecule has 0 spiro atoms. The van der Waals surface area contributed by atoms with E-state index in [1.54, 1.807) is 0 Å². The predicted molar refractivity (Wildman–Crippen MR) is 69.6 cm³/mol. The molecule has 0 radical (unpaired) electrons. The van der Waals surface area contributed by atoms with Crippen LogP contribution in [0.3, 0.4) is 0 Å². The maximum atomic E-state index is 12.0. The number of furan rings is 1. The van der Waals surface area contributed by atoms with Crippen molar-refractivity contribution in [1.29, 1.82) is 0 Å². The van der Waals surface area contributed by atoms with Crippen LogP contribution in [0.15, 0.2) is 16.9 Å². The third-order valence-corrected chi connectivity index (χ3v) is 5.76. The number of rotatable bonds is 1. The molecule has 0 amide bonds. The van der Waals surface area contributed by atoms with Crippen molar-refractivity contribution in [3.8, 4) is 0 Å². The molecule has 3 heterocycles. The lowest BCUT2D eigenvalue weighted by molar-refractivity contribution is -0.132. The normalized spacial score (nSPS) is 45.8. The molecule has 1 aromatic rings. The Morgan fingerprint density at radius 3 is 2.84 bits per heavy atom. The van der Waals surface area contributed by atoms with E-state index in [1.165, 1.54) is 17.4 Å². The molecule has 2 fully saturated rings. The van der Waals surface area contributed by atoms with Crippen molar-refractivity contribution < 1.29 is 13.9 Å². The second-order valence-corrected chi connectivity index (χ2v) is 7.61. The Bertz CT molecular complexity index is 558. The van der Waals surface area contributed by atoms with E-state index in [-0.39, 0.29) is 22.5 Å². The Balaban J connectivity index is 1.91. The minimum atomic E-state index is -0.366. The van der Waals surface area contributed by atoms with E-state index in [1.807, 2.05) is 12.5 Å². The summed E-state index contributed by atoms with van der Waals surface area (Å²) >= 11 is 0. The van der Waals surface area contributed by atoms with Crippen molar-refractivity contribution in [2.45, 2.75) is 51.7 Å². The van der Waals surface area contributed by atoms with Crippen LogP contribution in [0.4, 0.5) is 0 Å². The molecule has 3 nitrogen and oxygen atoms in total. The average molecular weight is 260 g/mol. The van der Waals surface area contributed by atoms with Gasteiger partial charge in [0.1, 0.15) is 6.29 Å². The summed E-state index contributed by atoms with van der Waals surface area (Å²) in [5.74, 6) is 0.295. The number of carbonyl (C=O) groups is 1. The molecule has 102 valence electrons. The Kier molecular flexibility index (Phi) is 1.94. The third-order valence-electron chi connectivity index (χ3n) is 5.76. The van der Waals surface area contributed by atoms with Gasteiger partial charge < -0.3 is 13.9 Å². The maximum Gasteiger partial charge on any atom is 0.129 e. The quantitative estimate of drug-likeness (QED) is 0.727. The highest BCUT2D eigenvalue weighted by molar-refractivity contribution is 5.66. The van der Waals surface area contributed by atoms with Gasteiger partial charge in [0, 0.05) is 17.9 Å². The van der Waals surface area contributed by atoms with Gasteiger partial charge in [-0.1, -0.05) is 13.8 Å². The number of hydrogen-bond donors (Lipinski definition) is 0. The number of fused-ring (bicyclic) bond motifs is 7. The first kappa shape index (κ1) is 11.7. The van der Waals surface area contributed by atoms with E-state index >= 15 is 0 Å². The van der Waals surface area contributed by atoms with E-state index in [0.29, 0.717) is 5.92 Å². The lowest BCUT2D eigenvalue weighted by atomic mass is 9.67. The van der Waals surface area contributed by atoms with Crippen LogP contribution >= 0.6 is 0 Å². The first-order chi connectivity index (χ1) is 8.91. The second-order valence-electron chi connectivity index (χ2n) is 7.61. The monoisotopic (exact) mass is 260 g/mol. The van der Waals surface area contributed by atoms with Crippen molar-refractivity contribution in [2.75, 3.05) is 0 Å². The van der Waals surface area contributed by atoms with Crippen molar-refractivity contribution >= 4 is 6.29 Å². The minimum absolute atomic E-state index is 0.0412. The molecule has 0 N–H and O–H groups in total. The number of aldehydes is 1. The summed E-state index contributed by atoms with van der Waals surface area (Å²) in [6.45, 7) is 6.66. The van der Waals surface area contributed by atoms with Gasteiger partial charge in [0.15, 0.2) is 0 Å². The van der Waals surface area contributed by atoms with E-state index in [4.69, 9.17) is 9.15 Å². The van der Waals surface area contributed by atoms with Gasteiger partial charge in [0.05, 0.1) is 29.6 Å². The minimum Gasteiger partial charge on any atom is -0.472 e. The van der Waals surface area contributed by atoms with Crippen molar-refractivity contribution in [1.82, 2.24) is 0 Å². The highest BCUT2D eigenvalue weighted by atomic mass is 16.5. The molecule has 1 aliphatic carbocycles. The molecule has 0 aromatic carbocycles. The zero-order valence-electron chi connectivity index (χ0n) is 11.7. The van der Waals surface area contributed by atoms with Crippen molar-refractivity contribution in [3.63, 3.8) is 0 Å². The SMILES string of the molecule is CC1(C)C[C@@H]2[C@H]3O[C@](C)(Cc4cocc43)[C@]2(C=O)C1. The molecule has 0 unspecified atom stereocenters. The van der Waals surface area contributed by atoms with Gasteiger partial charge in [0.25, 0.3) is 0 Å². The zero-order valence-corrected chi connectivity index (χ0v) is 11.7. The Morgan fingerprint density at radius 1 is 1.32 bits per heavy atom. The predicted octanol–water partition coefficient (Wildman–Crippen LogP) is 3.29. The summed E-state index contributed by atoms with van der Waals surface area (Å²) in [6, 6.07) is 0. The smallest absolute Gasteiger partial charge is 0.129 e. The van der Waals surface area contributed by atoms with Gasteiger partial charge in [-0.3, -0.25) is 0 Å².